The molecule has 2 aromatic carbocycles. The molecule has 25 heavy (non-hydrogen) atoms. The van der Waals surface area contributed by atoms with E-state index in [-0.39, 0.29) is 5.91 Å². The molecule has 0 heterocycles. The standard InChI is InChI=1S/C20H24N2O3/c1-13-11-17(24-2)18(25-3)12-16(13)22-19(14-7-5-4-6-8-14)20(23)21-15-9-10-15/h4-8,11-12,15,19,22H,9-10H2,1-3H3,(H,21,23). The molecule has 2 aromatic rings. The van der Waals surface area contributed by atoms with Crippen molar-refractivity contribution in [1.82, 2.24) is 5.32 Å². The van der Waals surface area contributed by atoms with E-state index in [2.05, 4.69) is 10.6 Å². The number of amides is 1. The van der Waals surface area contributed by atoms with Gasteiger partial charge in [0.2, 0.25) is 5.91 Å². The van der Waals surface area contributed by atoms with E-state index in [4.69, 9.17) is 9.47 Å². The number of methoxy groups -OCH3 is 2. The number of nitrogens with one attached hydrogen (secondary N) is 2. The first-order valence-electron chi connectivity index (χ1n) is 8.47. The molecule has 5 nitrogen and oxygen atoms in total. The molecule has 0 bridgehead atoms. The number of hydrogen-bond donors (Lipinski definition) is 2. The first-order chi connectivity index (χ1) is 12.1. The SMILES string of the molecule is COc1cc(C)c(NC(C(=O)NC2CC2)c2ccccc2)cc1OC. The summed E-state index contributed by atoms with van der Waals surface area (Å²) in [4.78, 5) is 12.8. The lowest BCUT2D eigenvalue weighted by molar-refractivity contribution is -0.122. The third kappa shape index (κ3) is 4.05. The zero-order valence-electron chi connectivity index (χ0n) is 14.8. The Hall–Kier alpha value is -2.69. The molecule has 1 fully saturated rings. The number of benzene rings is 2. The van der Waals surface area contributed by atoms with Gasteiger partial charge in [-0.15, -0.1) is 0 Å². The summed E-state index contributed by atoms with van der Waals surface area (Å²) in [6.45, 7) is 1.98. The highest BCUT2D eigenvalue weighted by atomic mass is 16.5. The second kappa shape index (κ2) is 7.47. The molecule has 132 valence electrons. The molecule has 0 radical (unpaired) electrons. The minimum absolute atomic E-state index is 0.0112. The van der Waals surface area contributed by atoms with Crippen LogP contribution in [0.1, 0.15) is 30.0 Å². The molecule has 0 spiro atoms. The normalized spacial score (nSPS) is 14.5. The maximum atomic E-state index is 12.8. The van der Waals surface area contributed by atoms with E-state index in [0.717, 1.165) is 29.7 Å². The highest BCUT2D eigenvalue weighted by Crippen LogP contribution is 2.34. The molecule has 1 unspecified atom stereocenters. The van der Waals surface area contributed by atoms with Crippen LogP contribution in [0.5, 0.6) is 11.5 Å². The van der Waals surface area contributed by atoms with Gasteiger partial charge in [-0.3, -0.25) is 4.79 Å². The summed E-state index contributed by atoms with van der Waals surface area (Å²) >= 11 is 0. The molecule has 0 saturated heterocycles. The van der Waals surface area contributed by atoms with Crippen molar-refractivity contribution in [3.63, 3.8) is 0 Å². The first-order valence-corrected chi connectivity index (χ1v) is 8.47. The molecule has 1 atom stereocenters. The Morgan fingerprint density at radius 1 is 1.08 bits per heavy atom. The minimum atomic E-state index is -0.460. The van der Waals surface area contributed by atoms with Crippen molar-refractivity contribution in [1.29, 1.82) is 0 Å². The van der Waals surface area contributed by atoms with Gasteiger partial charge in [-0.2, -0.15) is 0 Å². The van der Waals surface area contributed by atoms with Crippen molar-refractivity contribution < 1.29 is 14.3 Å². The van der Waals surface area contributed by atoms with Crippen LogP contribution >= 0.6 is 0 Å². The fraction of sp³-hybridized carbons (Fsp3) is 0.350. The summed E-state index contributed by atoms with van der Waals surface area (Å²) in [5.74, 6) is 1.29. The Labute approximate surface area is 148 Å². The fourth-order valence-electron chi connectivity index (χ4n) is 2.75. The Morgan fingerprint density at radius 2 is 1.72 bits per heavy atom. The van der Waals surface area contributed by atoms with Crippen LogP contribution in [-0.2, 0) is 4.79 Å². The second-order valence-electron chi connectivity index (χ2n) is 6.29. The number of anilines is 1. The van der Waals surface area contributed by atoms with Gasteiger partial charge in [-0.25, -0.2) is 0 Å². The summed E-state index contributed by atoms with van der Waals surface area (Å²) in [7, 11) is 3.21. The van der Waals surface area contributed by atoms with Gasteiger partial charge >= 0.3 is 0 Å². The second-order valence-corrected chi connectivity index (χ2v) is 6.29. The maximum absolute atomic E-state index is 12.8. The third-order valence-electron chi connectivity index (χ3n) is 4.35. The van der Waals surface area contributed by atoms with Crippen molar-refractivity contribution in [2.24, 2.45) is 0 Å². The topological polar surface area (TPSA) is 59.6 Å². The average Bonchev–Trinajstić information content (AvgIpc) is 3.44. The van der Waals surface area contributed by atoms with Crippen LogP contribution in [0.3, 0.4) is 0 Å². The Kier molecular flexibility index (Phi) is 5.12. The van der Waals surface area contributed by atoms with E-state index in [9.17, 15) is 4.79 Å². The lowest BCUT2D eigenvalue weighted by Crippen LogP contribution is -2.35. The van der Waals surface area contributed by atoms with Crippen LogP contribution in [0.15, 0.2) is 42.5 Å². The van der Waals surface area contributed by atoms with Crippen LogP contribution < -0.4 is 20.1 Å². The number of carbonyl (C=O) groups is 1. The van der Waals surface area contributed by atoms with Crippen LogP contribution in [0.2, 0.25) is 0 Å². The van der Waals surface area contributed by atoms with Gasteiger partial charge in [-0.1, -0.05) is 30.3 Å². The molecule has 0 aliphatic heterocycles. The van der Waals surface area contributed by atoms with E-state index in [0.29, 0.717) is 17.5 Å². The molecule has 1 amide bonds. The van der Waals surface area contributed by atoms with Crippen molar-refractivity contribution in [3.05, 3.63) is 53.6 Å². The van der Waals surface area contributed by atoms with Crippen molar-refractivity contribution in [3.8, 4) is 11.5 Å². The van der Waals surface area contributed by atoms with Gasteiger partial charge in [0.1, 0.15) is 6.04 Å². The molecular weight excluding hydrogens is 316 g/mol. The third-order valence-corrected chi connectivity index (χ3v) is 4.35. The fourth-order valence-corrected chi connectivity index (χ4v) is 2.75. The molecule has 1 saturated carbocycles. The van der Waals surface area contributed by atoms with Gasteiger partial charge in [0.05, 0.1) is 14.2 Å². The van der Waals surface area contributed by atoms with Crippen LogP contribution in [0.25, 0.3) is 0 Å². The van der Waals surface area contributed by atoms with Gasteiger partial charge in [0, 0.05) is 17.8 Å². The number of rotatable bonds is 7. The largest absolute Gasteiger partial charge is 0.493 e. The lowest BCUT2D eigenvalue weighted by atomic mass is 10.0. The van der Waals surface area contributed by atoms with E-state index in [1.165, 1.54) is 0 Å². The summed E-state index contributed by atoms with van der Waals surface area (Å²) in [6.07, 6.45) is 2.12. The molecule has 1 aliphatic rings. The molecule has 5 heteroatoms. The highest BCUT2D eigenvalue weighted by molar-refractivity contribution is 5.87. The van der Waals surface area contributed by atoms with E-state index < -0.39 is 6.04 Å². The van der Waals surface area contributed by atoms with Gasteiger partial charge in [-0.05, 0) is 37.0 Å². The number of aryl methyl sites for hydroxylation is 1. The van der Waals surface area contributed by atoms with E-state index in [1.807, 2.05) is 49.4 Å². The van der Waals surface area contributed by atoms with Gasteiger partial charge < -0.3 is 20.1 Å². The van der Waals surface area contributed by atoms with Crippen LogP contribution in [-0.4, -0.2) is 26.2 Å². The Morgan fingerprint density at radius 3 is 2.32 bits per heavy atom. The smallest absolute Gasteiger partial charge is 0.247 e. The van der Waals surface area contributed by atoms with Crippen molar-refractivity contribution in [2.45, 2.75) is 31.8 Å². The quantitative estimate of drug-likeness (QED) is 0.810. The zero-order chi connectivity index (χ0) is 17.8. The van der Waals surface area contributed by atoms with E-state index >= 15 is 0 Å². The molecule has 0 aromatic heterocycles. The minimum Gasteiger partial charge on any atom is -0.493 e. The van der Waals surface area contributed by atoms with Crippen molar-refractivity contribution >= 4 is 11.6 Å². The summed E-state index contributed by atoms with van der Waals surface area (Å²) < 4.78 is 10.7. The molecule has 2 N–H and O–H groups in total. The predicted molar refractivity (Wildman–Crippen MR) is 98.3 cm³/mol. The first kappa shape index (κ1) is 17.1. The maximum Gasteiger partial charge on any atom is 0.247 e. The van der Waals surface area contributed by atoms with Crippen LogP contribution in [0.4, 0.5) is 5.69 Å². The monoisotopic (exact) mass is 340 g/mol. The summed E-state index contributed by atoms with van der Waals surface area (Å²) in [5.41, 5.74) is 2.75. The molecule has 3 rings (SSSR count). The zero-order valence-corrected chi connectivity index (χ0v) is 14.8. The number of carbonyl (C=O) groups excluding carboxylic acids is 1. The Balaban J connectivity index is 1.90. The summed E-state index contributed by atoms with van der Waals surface area (Å²) in [5, 5.41) is 6.46. The highest BCUT2D eigenvalue weighted by Gasteiger charge is 2.28. The van der Waals surface area contributed by atoms with Crippen LogP contribution in [0, 0.1) is 6.92 Å². The molecule has 1 aliphatic carbocycles. The molecular formula is C20H24N2O3. The van der Waals surface area contributed by atoms with Crippen molar-refractivity contribution in [2.75, 3.05) is 19.5 Å². The Bertz CT molecular complexity index is 742. The predicted octanol–water partition coefficient (Wildman–Crippen LogP) is 3.44. The number of ether oxygens (including phenoxy) is 2. The van der Waals surface area contributed by atoms with Gasteiger partial charge in [0.15, 0.2) is 11.5 Å². The average molecular weight is 340 g/mol. The van der Waals surface area contributed by atoms with Gasteiger partial charge in [0.25, 0.3) is 0 Å². The van der Waals surface area contributed by atoms with E-state index in [1.54, 1.807) is 14.2 Å². The summed E-state index contributed by atoms with van der Waals surface area (Å²) in [6, 6.07) is 13.4. The lowest BCUT2D eigenvalue weighted by Gasteiger charge is -2.22. The number of hydrogen-bond acceptors (Lipinski definition) is 4.